The molecule has 6 rings (SSSR count). The molecule has 1 amide bonds. The van der Waals surface area contributed by atoms with Crippen molar-refractivity contribution < 1.29 is 4.79 Å². The summed E-state index contributed by atoms with van der Waals surface area (Å²) in [5, 5.41) is 12.8. The summed E-state index contributed by atoms with van der Waals surface area (Å²) in [6, 6.07) is 10.9. The van der Waals surface area contributed by atoms with Gasteiger partial charge in [-0.25, -0.2) is 14.6 Å². The number of nitrogens with one attached hydrogen (secondary N) is 2. The van der Waals surface area contributed by atoms with Crippen LogP contribution in [0.3, 0.4) is 0 Å². The third-order valence-electron chi connectivity index (χ3n) is 8.31. The molecule has 3 saturated carbocycles. The van der Waals surface area contributed by atoms with E-state index in [4.69, 9.17) is 15.1 Å². The molecule has 3 aliphatic carbocycles. The maximum Gasteiger partial charge on any atom is 0.223 e. The number of rotatable bonds is 6. The number of aromatic nitrogens is 4. The lowest BCUT2D eigenvalue weighted by molar-refractivity contribution is -0.128. The van der Waals surface area contributed by atoms with E-state index in [2.05, 4.69) is 22.8 Å². The zero-order chi connectivity index (χ0) is 23.6. The monoisotopic (exact) mass is 472 g/mol. The molecule has 1 aromatic carbocycles. The number of nitrogens with zero attached hydrogens (tertiary/aromatic N) is 4. The lowest BCUT2D eigenvalue weighted by Gasteiger charge is -2.32. The number of carbonyl (C=O) groups is 1. The van der Waals surface area contributed by atoms with E-state index < -0.39 is 0 Å². The van der Waals surface area contributed by atoms with Crippen molar-refractivity contribution in [2.24, 2.45) is 5.92 Å². The summed E-state index contributed by atoms with van der Waals surface area (Å²) in [6.45, 7) is 0. The van der Waals surface area contributed by atoms with Gasteiger partial charge in [0, 0.05) is 23.9 Å². The molecule has 3 aliphatic rings. The Morgan fingerprint density at radius 3 is 2.29 bits per heavy atom. The van der Waals surface area contributed by atoms with E-state index in [1.807, 2.05) is 29.1 Å². The highest BCUT2D eigenvalue weighted by atomic mass is 16.2. The van der Waals surface area contributed by atoms with E-state index in [0.717, 1.165) is 79.7 Å². The minimum atomic E-state index is 0.263. The van der Waals surface area contributed by atoms with Crippen LogP contribution in [0.25, 0.3) is 16.7 Å². The average Bonchev–Trinajstić information content (AvgIpc) is 3.30. The summed E-state index contributed by atoms with van der Waals surface area (Å²) in [5.41, 5.74) is 1.90. The largest absolute Gasteiger partial charge is 0.367 e. The fourth-order valence-electron chi connectivity index (χ4n) is 5.90. The Hall–Kier alpha value is -2.96. The Balaban J connectivity index is 1.22. The summed E-state index contributed by atoms with van der Waals surface area (Å²) < 4.78 is 1.95. The highest BCUT2D eigenvalue weighted by Gasteiger charge is 2.29. The highest BCUT2D eigenvalue weighted by Crippen LogP contribution is 2.34. The van der Waals surface area contributed by atoms with Crippen LogP contribution in [0.15, 0.2) is 36.5 Å². The smallest absolute Gasteiger partial charge is 0.223 e. The molecule has 2 N–H and O–H groups in total. The molecule has 184 valence electrons. The maximum absolute atomic E-state index is 12.4. The number of amides is 1. The van der Waals surface area contributed by atoms with Crippen LogP contribution in [0.2, 0.25) is 0 Å². The van der Waals surface area contributed by atoms with Gasteiger partial charge in [0.1, 0.15) is 11.6 Å². The van der Waals surface area contributed by atoms with Crippen LogP contribution in [-0.4, -0.2) is 37.7 Å². The van der Waals surface area contributed by atoms with E-state index in [0.29, 0.717) is 18.0 Å². The van der Waals surface area contributed by atoms with Crippen LogP contribution in [0, 0.1) is 5.92 Å². The highest BCUT2D eigenvalue weighted by molar-refractivity contribution is 5.87. The molecule has 7 nitrogen and oxygen atoms in total. The number of hydrogen-bond acceptors (Lipinski definition) is 5. The van der Waals surface area contributed by atoms with Gasteiger partial charge in [0.2, 0.25) is 5.91 Å². The minimum absolute atomic E-state index is 0.263. The molecule has 0 spiro atoms. The first-order valence-electron chi connectivity index (χ1n) is 13.6. The Morgan fingerprint density at radius 2 is 1.57 bits per heavy atom. The third-order valence-corrected chi connectivity index (χ3v) is 8.31. The third kappa shape index (κ3) is 4.78. The Labute approximate surface area is 207 Å². The second-order valence-corrected chi connectivity index (χ2v) is 10.7. The molecule has 0 atom stereocenters. The van der Waals surface area contributed by atoms with E-state index >= 15 is 0 Å². The molecule has 2 aromatic heterocycles. The molecular weight excluding hydrogens is 436 g/mol. The molecule has 35 heavy (non-hydrogen) atoms. The number of para-hydroxylation sites is 1. The fourth-order valence-corrected chi connectivity index (χ4v) is 5.90. The summed E-state index contributed by atoms with van der Waals surface area (Å²) in [4.78, 5) is 22.5. The van der Waals surface area contributed by atoms with E-state index in [9.17, 15) is 4.79 Å². The zero-order valence-electron chi connectivity index (χ0n) is 20.5. The van der Waals surface area contributed by atoms with Gasteiger partial charge in [0.25, 0.3) is 0 Å². The number of hydrogen-bond donors (Lipinski definition) is 2. The Morgan fingerprint density at radius 1 is 0.829 bits per heavy atom. The summed E-state index contributed by atoms with van der Waals surface area (Å²) in [6.07, 6.45) is 15.5. The predicted octanol–water partition coefficient (Wildman–Crippen LogP) is 5.50. The van der Waals surface area contributed by atoms with Crippen molar-refractivity contribution >= 4 is 22.8 Å². The van der Waals surface area contributed by atoms with Crippen LogP contribution in [0.5, 0.6) is 0 Å². The van der Waals surface area contributed by atoms with Crippen LogP contribution in [0.1, 0.15) is 88.8 Å². The van der Waals surface area contributed by atoms with Crippen molar-refractivity contribution in [2.75, 3.05) is 5.32 Å². The van der Waals surface area contributed by atoms with Crippen LogP contribution >= 0.6 is 0 Å². The molecule has 0 bridgehead atoms. The molecule has 7 heteroatoms. The lowest BCUT2D eigenvalue weighted by atomic mass is 9.84. The van der Waals surface area contributed by atoms with Crippen molar-refractivity contribution in [1.29, 1.82) is 0 Å². The molecule has 0 aliphatic heterocycles. The quantitative estimate of drug-likeness (QED) is 0.495. The van der Waals surface area contributed by atoms with Gasteiger partial charge in [-0.3, -0.25) is 4.79 Å². The zero-order valence-corrected chi connectivity index (χ0v) is 20.5. The second-order valence-electron chi connectivity index (χ2n) is 10.7. The van der Waals surface area contributed by atoms with Gasteiger partial charge in [-0.05, 0) is 63.5 Å². The van der Waals surface area contributed by atoms with Crippen LogP contribution < -0.4 is 10.6 Å². The maximum atomic E-state index is 12.4. The normalized spacial score (nSPS) is 23.7. The average molecular weight is 473 g/mol. The summed E-state index contributed by atoms with van der Waals surface area (Å²) >= 11 is 0. The molecule has 2 heterocycles. The predicted molar refractivity (Wildman–Crippen MR) is 138 cm³/mol. The lowest BCUT2D eigenvalue weighted by Crippen LogP contribution is -2.44. The molecule has 3 fully saturated rings. The van der Waals surface area contributed by atoms with Gasteiger partial charge in [0.05, 0.1) is 17.3 Å². The first-order chi connectivity index (χ1) is 17.2. The van der Waals surface area contributed by atoms with Crippen molar-refractivity contribution in [1.82, 2.24) is 25.1 Å². The van der Waals surface area contributed by atoms with Gasteiger partial charge in [-0.1, -0.05) is 43.9 Å². The SMILES string of the molecule is O=C(NC1CCC(Nc2nc(C3CCCCC3)nc3c2cnn3-c2ccccc2)CC1)C1CCC1. The molecule has 3 aromatic rings. The van der Waals surface area contributed by atoms with E-state index in [1.54, 1.807) is 0 Å². The van der Waals surface area contributed by atoms with Crippen molar-refractivity contribution in [3.8, 4) is 5.69 Å². The Kier molecular flexibility index (Phi) is 6.40. The standard InChI is InChI=1S/C28H36N6O/c35-28(20-10-7-11-20)31-22-16-14-21(15-17-22)30-26-24-18-29-34(23-12-5-2-6-13-23)27(24)33-25(32-26)19-8-3-1-4-9-19/h2,5-6,12-13,18-22H,1,3-4,7-11,14-17H2,(H,31,35)(H,30,32,33). The fraction of sp³-hybridized carbons (Fsp3) is 0.571. The van der Waals surface area contributed by atoms with E-state index in [1.165, 1.54) is 25.7 Å². The molecular formula is C28H36N6O. The molecule has 0 radical (unpaired) electrons. The summed E-state index contributed by atoms with van der Waals surface area (Å²) in [5.74, 6) is 2.83. The second kappa shape index (κ2) is 9.96. The topological polar surface area (TPSA) is 84.7 Å². The van der Waals surface area contributed by atoms with Crippen molar-refractivity contribution in [2.45, 2.75) is 95.1 Å². The van der Waals surface area contributed by atoms with Crippen molar-refractivity contribution in [3.05, 3.63) is 42.4 Å². The van der Waals surface area contributed by atoms with E-state index in [-0.39, 0.29) is 11.8 Å². The van der Waals surface area contributed by atoms with Gasteiger partial charge >= 0.3 is 0 Å². The van der Waals surface area contributed by atoms with Crippen LogP contribution in [0.4, 0.5) is 5.82 Å². The van der Waals surface area contributed by atoms with Gasteiger partial charge in [-0.15, -0.1) is 0 Å². The first kappa shape index (κ1) is 22.5. The summed E-state index contributed by atoms with van der Waals surface area (Å²) in [7, 11) is 0. The van der Waals surface area contributed by atoms with Crippen LogP contribution in [-0.2, 0) is 4.79 Å². The number of anilines is 1. The van der Waals surface area contributed by atoms with Gasteiger partial charge in [0.15, 0.2) is 5.65 Å². The molecule has 0 saturated heterocycles. The van der Waals surface area contributed by atoms with Crippen molar-refractivity contribution in [3.63, 3.8) is 0 Å². The molecule has 0 unspecified atom stereocenters. The number of carbonyl (C=O) groups excluding carboxylic acids is 1. The first-order valence-corrected chi connectivity index (χ1v) is 13.6. The van der Waals surface area contributed by atoms with Gasteiger partial charge < -0.3 is 10.6 Å². The number of fused-ring (bicyclic) bond motifs is 1. The number of benzene rings is 1. The van der Waals surface area contributed by atoms with Gasteiger partial charge in [-0.2, -0.15) is 5.10 Å². The Bertz CT molecular complexity index is 1160. The minimum Gasteiger partial charge on any atom is -0.367 e.